The molecule has 0 spiro atoms. The van der Waals surface area contributed by atoms with Crippen molar-refractivity contribution < 1.29 is 21.6 Å². The highest BCUT2D eigenvalue weighted by atomic mass is 79.9. The summed E-state index contributed by atoms with van der Waals surface area (Å²) in [5, 5.41) is 1.73. The van der Waals surface area contributed by atoms with Crippen LogP contribution in [0.5, 0.6) is 0 Å². The zero-order valence-electron chi connectivity index (χ0n) is 17.9. The largest absolute Gasteiger partial charge is 0.416 e. The summed E-state index contributed by atoms with van der Waals surface area (Å²) >= 11 is 4.49. The van der Waals surface area contributed by atoms with Gasteiger partial charge in [0.15, 0.2) is 0 Å². The van der Waals surface area contributed by atoms with Crippen LogP contribution in [0.4, 0.5) is 18.2 Å². The van der Waals surface area contributed by atoms with Gasteiger partial charge in [0, 0.05) is 10.0 Å². The molecule has 0 bridgehead atoms. The zero-order chi connectivity index (χ0) is 23.7. The molecule has 3 nitrogen and oxygen atoms in total. The lowest BCUT2D eigenvalue weighted by molar-refractivity contribution is -0.137. The third kappa shape index (κ3) is 7.50. The van der Waals surface area contributed by atoms with Gasteiger partial charge in [0.25, 0.3) is 0 Å². The Balaban J connectivity index is 0.00000113. The van der Waals surface area contributed by atoms with Crippen molar-refractivity contribution in [1.29, 1.82) is 0 Å². The standard InChI is InChI=1S/C18H15BrF3NO2S2.2C2H6/c19-9-10-27(24,25)23(17-11-14-3-1-2-4-16(14)26-17)12-13-5-7-15(8-6-13)18(20,21)22;2*1-2/h1-8,11H,9-10,12H2;2*1-2H3. The van der Waals surface area contributed by atoms with Crippen LogP contribution in [0.1, 0.15) is 38.8 Å². The Morgan fingerprint density at radius 3 is 2.06 bits per heavy atom. The van der Waals surface area contributed by atoms with E-state index in [-0.39, 0.29) is 17.6 Å². The molecule has 0 N–H and O–H groups in total. The molecule has 0 saturated carbocycles. The van der Waals surface area contributed by atoms with Crippen LogP contribution >= 0.6 is 27.3 Å². The highest BCUT2D eigenvalue weighted by Crippen LogP contribution is 2.35. The van der Waals surface area contributed by atoms with Crippen molar-refractivity contribution in [2.24, 2.45) is 0 Å². The molecule has 3 rings (SSSR count). The lowest BCUT2D eigenvalue weighted by Crippen LogP contribution is -2.32. The van der Waals surface area contributed by atoms with Gasteiger partial charge in [-0.25, -0.2) is 8.42 Å². The Morgan fingerprint density at radius 1 is 0.968 bits per heavy atom. The first-order valence-electron chi connectivity index (χ1n) is 9.92. The van der Waals surface area contributed by atoms with E-state index >= 15 is 0 Å². The molecule has 3 aromatic rings. The third-order valence-corrected chi connectivity index (χ3v) is 7.83. The molecule has 1 heterocycles. The van der Waals surface area contributed by atoms with Crippen LogP contribution in [0.3, 0.4) is 0 Å². The molecule has 0 unspecified atom stereocenters. The van der Waals surface area contributed by atoms with E-state index in [1.54, 1.807) is 6.07 Å². The van der Waals surface area contributed by atoms with Crippen molar-refractivity contribution in [1.82, 2.24) is 0 Å². The summed E-state index contributed by atoms with van der Waals surface area (Å²) in [7, 11) is -3.64. The summed E-state index contributed by atoms with van der Waals surface area (Å²) in [5.41, 5.74) is -0.276. The maximum atomic E-state index is 12.8. The predicted molar refractivity (Wildman–Crippen MR) is 130 cm³/mol. The number of benzene rings is 2. The number of nitrogens with zero attached hydrogens (tertiary/aromatic N) is 1. The van der Waals surface area contributed by atoms with Gasteiger partial charge < -0.3 is 0 Å². The first kappa shape index (κ1) is 27.5. The molecule has 0 saturated heterocycles. The quantitative estimate of drug-likeness (QED) is 0.302. The highest BCUT2D eigenvalue weighted by molar-refractivity contribution is 9.09. The van der Waals surface area contributed by atoms with E-state index in [1.165, 1.54) is 27.8 Å². The van der Waals surface area contributed by atoms with E-state index in [9.17, 15) is 21.6 Å². The molecule has 0 fully saturated rings. The summed E-state index contributed by atoms with van der Waals surface area (Å²) < 4.78 is 66.0. The van der Waals surface area contributed by atoms with Crippen LogP contribution in [0, 0.1) is 0 Å². The Bertz CT molecular complexity index is 1000. The minimum Gasteiger partial charge on any atom is -0.257 e. The fourth-order valence-electron chi connectivity index (χ4n) is 2.58. The molecule has 1 aromatic heterocycles. The van der Waals surface area contributed by atoms with Crippen molar-refractivity contribution in [3.63, 3.8) is 0 Å². The summed E-state index contributed by atoms with van der Waals surface area (Å²) in [6.45, 7) is 7.97. The predicted octanol–water partition coefficient (Wildman–Crippen LogP) is 7.70. The van der Waals surface area contributed by atoms with Gasteiger partial charge in [-0.1, -0.05) is 74.0 Å². The average molecular weight is 538 g/mol. The van der Waals surface area contributed by atoms with Crippen molar-refractivity contribution in [2.75, 3.05) is 15.4 Å². The molecule has 0 aliphatic heterocycles. The van der Waals surface area contributed by atoms with Crippen LogP contribution in [0.2, 0.25) is 0 Å². The SMILES string of the molecule is CC.CC.O=S(=O)(CCBr)N(Cc1ccc(C(F)(F)F)cc1)c1cc2ccccc2s1. The van der Waals surface area contributed by atoms with Crippen molar-refractivity contribution in [3.8, 4) is 0 Å². The molecule has 172 valence electrons. The second kappa shape index (κ2) is 12.5. The average Bonchev–Trinajstić information content (AvgIpc) is 3.18. The first-order chi connectivity index (χ1) is 14.7. The minimum absolute atomic E-state index is 0.0275. The molecule has 0 amide bonds. The van der Waals surface area contributed by atoms with E-state index < -0.39 is 21.8 Å². The summed E-state index contributed by atoms with van der Waals surface area (Å²) in [6, 6.07) is 13.9. The first-order valence-corrected chi connectivity index (χ1v) is 13.5. The second-order valence-corrected chi connectivity index (χ2v) is 9.70. The summed E-state index contributed by atoms with van der Waals surface area (Å²) in [6.07, 6.45) is -4.42. The monoisotopic (exact) mass is 537 g/mol. The molecule has 9 heteroatoms. The Labute approximate surface area is 195 Å². The lowest BCUT2D eigenvalue weighted by Gasteiger charge is -2.22. The number of alkyl halides is 4. The molecule has 2 aromatic carbocycles. The number of sulfonamides is 1. The topological polar surface area (TPSA) is 37.4 Å². The highest BCUT2D eigenvalue weighted by Gasteiger charge is 2.30. The number of hydrogen-bond acceptors (Lipinski definition) is 3. The van der Waals surface area contributed by atoms with Gasteiger partial charge in [0.05, 0.1) is 17.9 Å². The fourth-order valence-corrected chi connectivity index (χ4v) is 6.31. The molecule has 0 aliphatic carbocycles. The summed E-state index contributed by atoms with van der Waals surface area (Å²) in [5.74, 6) is -0.109. The van der Waals surface area contributed by atoms with Gasteiger partial charge in [0.2, 0.25) is 10.0 Å². The third-order valence-electron chi connectivity index (χ3n) is 3.94. The molecular formula is C22H27BrF3NO2S2. The molecule has 0 radical (unpaired) electrons. The maximum Gasteiger partial charge on any atom is 0.416 e. The van der Waals surface area contributed by atoms with Gasteiger partial charge in [-0.2, -0.15) is 13.2 Å². The van der Waals surface area contributed by atoms with Crippen molar-refractivity contribution in [2.45, 2.75) is 40.4 Å². The maximum absolute atomic E-state index is 12.8. The summed E-state index contributed by atoms with van der Waals surface area (Å²) in [4.78, 5) is 0. The van der Waals surface area contributed by atoms with Crippen LogP contribution in [0.25, 0.3) is 10.1 Å². The van der Waals surface area contributed by atoms with Gasteiger partial charge in [-0.05, 0) is 35.2 Å². The van der Waals surface area contributed by atoms with Gasteiger partial charge in [-0.3, -0.25) is 4.31 Å². The Hall–Kier alpha value is -1.58. The van der Waals surface area contributed by atoms with Crippen LogP contribution in [-0.4, -0.2) is 19.5 Å². The van der Waals surface area contributed by atoms with Crippen LogP contribution in [-0.2, 0) is 22.7 Å². The normalized spacial score (nSPS) is 11.2. The number of fused-ring (bicyclic) bond motifs is 1. The van der Waals surface area contributed by atoms with Crippen molar-refractivity contribution in [3.05, 3.63) is 65.7 Å². The second-order valence-electron chi connectivity index (χ2n) is 5.83. The smallest absolute Gasteiger partial charge is 0.257 e. The van der Waals surface area contributed by atoms with E-state index in [0.29, 0.717) is 10.6 Å². The molecule has 0 atom stereocenters. The van der Waals surface area contributed by atoms with E-state index in [1.807, 2.05) is 52.0 Å². The number of hydrogen-bond donors (Lipinski definition) is 0. The van der Waals surface area contributed by atoms with Crippen LogP contribution < -0.4 is 4.31 Å². The Morgan fingerprint density at radius 2 is 1.55 bits per heavy atom. The van der Waals surface area contributed by atoms with E-state index in [0.717, 1.165) is 22.2 Å². The fraction of sp³-hybridized carbons (Fsp3) is 0.364. The van der Waals surface area contributed by atoms with Gasteiger partial charge in [-0.15, -0.1) is 11.3 Å². The van der Waals surface area contributed by atoms with Crippen molar-refractivity contribution >= 4 is 52.4 Å². The zero-order valence-corrected chi connectivity index (χ0v) is 21.1. The van der Waals surface area contributed by atoms with Crippen LogP contribution in [0.15, 0.2) is 54.6 Å². The molecule has 31 heavy (non-hydrogen) atoms. The van der Waals surface area contributed by atoms with E-state index in [2.05, 4.69) is 15.9 Å². The minimum atomic E-state index is -4.42. The number of halogens is 4. The molecule has 0 aliphatic rings. The van der Waals surface area contributed by atoms with E-state index in [4.69, 9.17) is 0 Å². The lowest BCUT2D eigenvalue weighted by atomic mass is 10.1. The number of rotatable bonds is 6. The Kier molecular flexibility index (Phi) is 11.0. The number of anilines is 1. The van der Waals surface area contributed by atoms with Gasteiger partial charge >= 0.3 is 6.18 Å². The van der Waals surface area contributed by atoms with Gasteiger partial charge in [0.1, 0.15) is 5.00 Å². The number of thiophene rings is 1. The molecular weight excluding hydrogens is 511 g/mol.